The van der Waals surface area contributed by atoms with Crippen LogP contribution in [0, 0.1) is 0 Å². The second kappa shape index (κ2) is 5.57. The number of para-hydroxylation sites is 1. The molecule has 3 rings (SSSR count). The Hall–Kier alpha value is -2.15. The predicted octanol–water partition coefficient (Wildman–Crippen LogP) is 5.15. The molecule has 0 aliphatic heterocycles. The van der Waals surface area contributed by atoms with Gasteiger partial charge in [0.15, 0.2) is 0 Å². The van der Waals surface area contributed by atoms with Gasteiger partial charge in [0.05, 0.1) is 5.52 Å². The van der Waals surface area contributed by atoms with Gasteiger partial charge in [-0.05, 0) is 30.3 Å². The SMILES string of the molecule is FC(F)(F)c1nc(Nc2ccccc2)c2cc(Br)ccc2n1. The molecule has 0 atom stereocenters. The molecule has 0 amide bonds. The van der Waals surface area contributed by atoms with Gasteiger partial charge in [-0.25, -0.2) is 9.97 Å². The Kier molecular flexibility index (Phi) is 3.74. The van der Waals surface area contributed by atoms with Crippen molar-refractivity contribution < 1.29 is 13.2 Å². The second-order valence-corrected chi connectivity index (χ2v) is 5.46. The smallest absolute Gasteiger partial charge is 0.340 e. The van der Waals surface area contributed by atoms with Crippen molar-refractivity contribution in [3.05, 3.63) is 58.8 Å². The van der Waals surface area contributed by atoms with E-state index in [2.05, 4.69) is 31.2 Å². The number of halogens is 4. The van der Waals surface area contributed by atoms with Crippen molar-refractivity contribution in [1.82, 2.24) is 9.97 Å². The quantitative estimate of drug-likeness (QED) is 0.680. The van der Waals surface area contributed by atoms with E-state index in [9.17, 15) is 13.2 Å². The molecule has 0 saturated heterocycles. The number of benzene rings is 2. The Bertz CT molecular complexity index is 819. The van der Waals surface area contributed by atoms with E-state index >= 15 is 0 Å². The molecule has 0 aliphatic rings. The van der Waals surface area contributed by atoms with Gasteiger partial charge in [-0.15, -0.1) is 0 Å². The van der Waals surface area contributed by atoms with Gasteiger partial charge in [0.25, 0.3) is 0 Å². The lowest BCUT2D eigenvalue weighted by Crippen LogP contribution is -2.12. The molecule has 2 aromatic carbocycles. The normalized spacial score (nSPS) is 11.6. The van der Waals surface area contributed by atoms with Crippen molar-refractivity contribution in [2.24, 2.45) is 0 Å². The van der Waals surface area contributed by atoms with E-state index in [1.165, 1.54) is 6.07 Å². The molecule has 0 radical (unpaired) electrons. The summed E-state index contributed by atoms with van der Waals surface area (Å²) in [7, 11) is 0. The molecule has 1 heterocycles. The van der Waals surface area contributed by atoms with Gasteiger partial charge in [-0.3, -0.25) is 0 Å². The number of fused-ring (bicyclic) bond motifs is 1. The summed E-state index contributed by atoms with van der Waals surface area (Å²) in [6, 6.07) is 13.7. The maximum Gasteiger partial charge on any atom is 0.451 e. The predicted molar refractivity (Wildman–Crippen MR) is 82.0 cm³/mol. The number of hydrogen-bond donors (Lipinski definition) is 1. The van der Waals surface area contributed by atoms with Crippen LogP contribution in [0.1, 0.15) is 5.82 Å². The molecular weight excluding hydrogens is 359 g/mol. The van der Waals surface area contributed by atoms with Gasteiger partial charge in [0.2, 0.25) is 5.82 Å². The van der Waals surface area contributed by atoms with E-state index in [0.29, 0.717) is 11.1 Å². The summed E-state index contributed by atoms with van der Waals surface area (Å²) >= 11 is 3.30. The minimum Gasteiger partial charge on any atom is -0.340 e. The summed E-state index contributed by atoms with van der Waals surface area (Å²) in [6.45, 7) is 0. The molecule has 1 aromatic heterocycles. The van der Waals surface area contributed by atoms with Crippen LogP contribution in [-0.2, 0) is 6.18 Å². The first kappa shape index (κ1) is 14.8. The number of hydrogen-bond acceptors (Lipinski definition) is 3. The Morgan fingerprint density at radius 2 is 1.68 bits per heavy atom. The summed E-state index contributed by atoms with van der Waals surface area (Å²) in [5.41, 5.74) is 0.875. The van der Waals surface area contributed by atoms with Crippen LogP contribution in [0.15, 0.2) is 53.0 Å². The summed E-state index contributed by atoms with van der Waals surface area (Å²) in [5.74, 6) is -1.05. The molecule has 0 fully saturated rings. The molecule has 0 bridgehead atoms. The highest BCUT2D eigenvalue weighted by Gasteiger charge is 2.35. The van der Waals surface area contributed by atoms with E-state index in [1.807, 2.05) is 6.07 Å². The third-order valence-electron chi connectivity index (χ3n) is 2.95. The zero-order valence-electron chi connectivity index (χ0n) is 11.0. The molecular formula is C15H9BrF3N3. The average Bonchev–Trinajstić information content (AvgIpc) is 2.47. The molecule has 112 valence electrons. The molecule has 7 heteroatoms. The first-order valence-electron chi connectivity index (χ1n) is 6.30. The number of aromatic nitrogens is 2. The lowest BCUT2D eigenvalue weighted by atomic mass is 10.2. The van der Waals surface area contributed by atoms with Crippen molar-refractivity contribution in [3.63, 3.8) is 0 Å². The van der Waals surface area contributed by atoms with Crippen LogP contribution >= 0.6 is 15.9 Å². The largest absolute Gasteiger partial charge is 0.451 e. The van der Waals surface area contributed by atoms with Crippen molar-refractivity contribution in [2.75, 3.05) is 5.32 Å². The minimum absolute atomic E-state index is 0.116. The van der Waals surface area contributed by atoms with Crippen LogP contribution in [0.2, 0.25) is 0 Å². The van der Waals surface area contributed by atoms with E-state index in [-0.39, 0.29) is 11.3 Å². The van der Waals surface area contributed by atoms with Crippen molar-refractivity contribution in [2.45, 2.75) is 6.18 Å². The lowest BCUT2D eigenvalue weighted by Gasteiger charge is -2.12. The fourth-order valence-corrected chi connectivity index (χ4v) is 2.34. The topological polar surface area (TPSA) is 37.8 Å². The minimum atomic E-state index is -4.60. The molecule has 22 heavy (non-hydrogen) atoms. The summed E-state index contributed by atoms with van der Waals surface area (Å²) in [4.78, 5) is 7.23. The first-order chi connectivity index (χ1) is 10.4. The lowest BCUT2D eigenvalue weighted by molar-refractivity contribution is -0.144. The third kappa shape index (κ3) is 3.04. The second-order valence-electron chi connectivity index (χ2n) is 4.55. The monoisotopic (exact) mass is 367 g/mol. The zero-order chi connectivity index (χ0) is 15.7. The number of nitrogens with zero attached hydrogens (tertiary/aromatic N) is 2. The van der Waals surface area contributed by atoms with Crippen molar-refractivity contribution in [3.8, 4) is 0 Å². The van der Waals surface area contributed by atoms with Crippen LogP contribution in [-0.4, -0.2) is 9.97 Å². The van der Waals surface area contributed by atoms with Crippen LogP contribution in [0.3, 0.4) is 0 Å². The molecule has 0 spiro atoms. The fraction of sp³-hybridized carbons (Fsp3) is 0.0667. The Labute approximate surface area is 132 Å². The molecule has 1 N–H and O–H groups in total. The van der Waals surface area contributed by atoms with Crippen molar-refractivity contribution >= 4 is 38.3 Å². The molecule has 0 saturated carbocycles. The van der Waals surface area contributed by atoms with Crippen LogP contribution in [0.5, 0.6) is 0 Å². The van der Waals surface area contributed by atoms with Gasteiger partial charge in [0, 0.05) is 15.5 Å². The number of rotatable bonds is 2. The highest BCUT2D eigenvalue weighted by atomic mass is 79.9. The van der Waals surface area contributed by atoms with Gasteiger partial charge in [-0.1, -0.05) is 34.1 Å². The highest BCUT2D eigenvalue weighted by molar-refractivity contribution is 9.10. The van der Waals surface area contributed by atoms with E-state index in [4.69, 9.17) is 0 Å². The standard InChI is InChI=1S/C15H9BrF3N3/c16-9-6-7-12-11(8-9)13(20-10-4-2-1-3-5-10)22-14(21-12)15(17,18)19/h1-8H,(H,20,21,22). The zero-order valence-corrected chi connectivity index (χ0v) is 12.6. The maximum atomic E-state index is 13.0. The van der Waals surface area contributed by atoms with E-state index < -0.39 is 12.0 Å². The number of alkyl halides is 3. The van der Waals surface area contributed by atoms with Gasteiger partial charge < -0.3 is 5.32 Å². The van der Waals surface area contributed by atoms with Gasteiger partial charge in [0.1, 0.15) is 5.82 Å². The molecule has 0 aliphatic carbocycles. The maximum absolute atomic E-state index is 13.0. The highest BCUT2D eigenvalue weighted by Crippen LogP contribution is 2.32. The summed E-state index contributed by atoms with van der Waals surface area (Å²) in [6.07, 6.45) is -4.60. The molecule has 3 aromatic rings. The average molecular weight is 368 g/mol. The number of anilines is 2. The van der Waals surface area contributed by atoms with Crippen molar-refractivity contribution in [1.29, 1.82) is 0 Å². The van der Waals surface area contributed by atoms with E-state index in [1.54, 1.807) is 36.4 Å². The van der Waals surface area contributed by atoms with Gasteiger partial charge >= 0.3 is 6.18 Å². The third-order valence-corrected chi connectivity index (χ3v) is 3.44. The summed E-state index contributed by atoms with van der Waals surface area (Å²) < 4.78 is 39.6. The fourth-order valence-electron chi connectivity index (χ4n) is 1.98. The first-order valence-corrected chi connectivity index (χ1v) is 7.09. The molecule has 0 unspecified atom stereocenters. The van der Waals surface area contributed by atoms with Crippen LogP contribution < -0.4 is 5.32 Å². The Balaban J connectivity index is 2.18. The summed E-state index contributed by atoms with van der Waals surface area (Å²) in [5, 5.41) is 3.42. The van der Waals surface area contributed by atoms with Crippen LogP contribution in [0.25, 0.3) is 10.9 Å². The number of nitrogens with one attached hydrogen (secondary N) is 1. The Morgan fingerprint density at radius 3 is 2.36 bits per heavy atom. The Morgan fingerprint density at radius 1 is 0.955 bits per heavy atom. The van der Waals surface area contributed by atoms with Gasteiger partial charge in [-0.2, -0.15) is 13.2 Å². The van der Waals surface area contributed by atoms with Crippen LogP contribution in [0.4, 0.5) is 24.7 Å². The van der Waals surface area contributed by atoms with E-state index in [0.717, 1.165) is 4.47 Å². The molecule has 3 nitrogen and oxygen atoms in total.